The molecule has 0 aliphatic heterocycles. The smallest absolute Gasteiger partial charge is 0.347 e. The molecular formula is C15H15F3N2O3S2. The van der Waals surface area contributed by atoms with Crippen molar-refractivity contribution in [1.82, 2.24) is 9.62 Å². The van der Waals surface area contributed by atoms with E-state index in [1.54, 1.807) is 6.07 Å². The number of nitrogens with one attached hydrogen (secondary N) is 1. The van der Waals surface area contributed by atoms with Crippen LogP contribution in [0.2, 0.25) is 0 Å². The summed E-state index contributed by atoms with van der Waals surface area (Å²) in [4.78, 5) is 12.6. The molecule has 2 aromatic rings. The molecule has 0 radical (unpaired) electrons. The fraction of sp³-hybridized carbons (Fsp3) is 0.267. The number of alkyl halides is 3. The Bertz CT molecular complexity index is 857. The predicted molar refractivity (Wildman–Crippen MR) is 87.8 cm³/mol. The van der Waals surface area contributed by atoms with Crippen LogP contribution in [0.4, 0.5) is 13.2 Å². The van der Waals surface area contributed by atoms with Gasteiger partial charge in [-0.2, -0.15) is 13.2 Å². The number of nitrogens with zero attached hydrogens (tertiary/aromatic N) is 1. The van der Waals surface area contributed by atoms with E-state index in [1.807, 2.05) is 0 Å². The zero-order chi connectivity index (χ0) is 18.8. The van der Waals surface area contributed by atoms with E-state index in [4.69, 9.17) is 0 Å². The van der Waals surface area contributed by atoms with Gasteiger partial charge in [0.1, 0.15) is 4.21 Å². The van der Waals surface area contributed by atoms with Gasteiger partial charge in [-0.1, -0.05) is 0 Å². The number of carbonyl (C=O) groups excluding carboxylic acids is 1. The fourth-order valence-corrected chi connectivity index (χ4v) is 4.32. The van der Waals surface area contributed by atoms with Crippen LogP contribution in [0.15, 0.2) is 40.6 Å². The molecule has 2 rings (SSSR count). The lowest BCUT2D eigenvalue weighted by molar-refractivity contribution is -0.137. The average molecular weight is 392 g/mol. The third kappa shape index (κ3) is 4.59. The molecule has 0 unspecified atom stereocenters. The number of hydrogen-bond donors (Lipinski definition) is 1. The van der Waals surface area contributed by atoms with Gasteiger partial charge in [-0.25, -0.2) is 12.7 Å². The Balaban J connectivity index is 2.02. The Labute approximate surface area is 147 Å². The fourth-order valence-electron chi connectivity index (χ4n) is 1.85. The summed E-state index contributed by atoms with van der Waals surface area (Å²) in [5, 5.41) is 2.55. The van der Waals surface area contributed by atoms with Crippen LogP contribution in [0.1, 0.15) is 20.8 Å². The van der Waals surface area contributed by atoms with Crippen molar-refractivity contribution < 1.29 is 26.4 Å². The summed E-state index contributed by atoms with van der Waals surface area (Å²) in [6.07, 6.45) is -4.46. The molecule has 0 saturated carbocycles. The van der Waals surface area contributed by atoms with Gasteiger partial charge in [-0.3, -0.25) is 4.79 Å². The summed E-state index contributed by atoms with van der Waals surface area (Å²) in [7, 11) is -0.697. The molecule has 25 heavy (non-hydrogen) atoms. The van der Waals surface area contributed by atoms with Gasteiger partial charge >= 0.3 is 6.18 Å². The van der Waals surface area contributed by atoms with E-state index in [0.29, 0.717) is 4.88 Å². The Morgan fingerprint density at radius 1 is 1.12 bits per heavy atom. The number of hydrogen-bond acceptors (Lipinski definition) is 4. The Morgan fingerprint density at radius 2 is 1.72 bits per heavy atom. The van der Waals surface area contributed by atoms with Crippen LogP contribution in [0.25, 0.3) is 0 Å². The second kappa shape index (κ2) is 7.14. The lowest BCUT2D eigenvalue weighted by atomic mass is 10.1. The molecule has 0 spiro atoms. The van der Waals surface area contributed by atoms with E-state index in [2.05, 4.69) is 5.32 Å². The van der Waals surface area contributed by atoms with E-state index in [1.165, 1.54) is 20.2 Å². The van der Waals surface area contributed by atoms with Crippen LogP contribution in [0.5, 0.6) is 0 Å². The Hall–Kier alpha value is -1.91. The molecule has 0 saturated heterocycles. The molecule has 0 atom stereocenters. The maximum atomic E-state index is 12.5. The van der Waals surface area contributed by atoms with Gasteiger partial charge in [0.2, 0.25) is 0 Å². The number of thiophene rings is 1. The first kappa shape index (κ1) is 19.4. The van der Waals surface area contributed by atoms with Crippen molar-refractivity contribution in [2.24, 2.45) is 0 Å². The van der Waals surface area contributed by atoms with Gasteiger partial charge in [-0.15, -0.1) is 11.3 Å². The summed E-state index contributed by atoms with van der Waals surface area (Å²) in [6, 6.07) is 6.88. The standard InChI is InChI=1S/C15H15F3N2O3S2/c1-20(2)25(22,23)13-8-7-12(24-13)9-19-14(21)10-3-5-11(6-4-10)15(16,17)18/h3-8H,9H2,1-2H3,(H,19,21). The van der Waals surface area contributed by atoms with E-state index in [-0.39, 0.29) is 16.3 Å². The lowest BCUT2D eigenvalue weighted by Crippen LogP contribution is -2.22. The lowest BCUT2D eigenvalue weighted by Gasteiger charge is -2.09. The van der Waals surface area contributed by atoms with Gasteiger partial charge in [0.25, 0.3) is 15.9 Å². The first-order valence-electron chi connectivity index (χ1n) is 6.98. The number of sulfonamides is 1. The van der Waals surface area contributed by atoms with Crippen LogP contribution in [-0.4, -0.2) is 32.7 Å². The monoisotopic (exact) mass is 392 g/mol. The van der Waals surface area contributed by atoms with Crippen molar-refractivity contribution in [1.29, 1.82) is 0 Å². The van der Waals surface area contributed by atoms with Crippen molar-refractivity contribution in [3.63, 3.8) is 0 Å². The second-order valence-corrected chi connectivity index (χ2v) is 8.81. The van der Waals surface area contributed by atoms with Gasteiger partial charge in [-0.05, 0) is 36.4 Å². The van der Waals surface area contributed by atoms with Crippen LogP contribution in [0.3, 0.4) is 0 Å². The molecule has 136 valence electrons. The highest BCUT2D eigenvalue weighted by atomic mass is 32.2. The number of carbonyl (C=O) groups is 1. The molecule has 10 heteroatoms. The Morgan fingerprint density at radius 3 is 2.24 bits per heavy atom. The Kier molecular flexibility index (Phi) is 5.55. The quantitative estimate of drug-likeness (QED) is 0.851. The van der Waals surface area contributed by atoms with Crippen molar-refractivity contribution in [3.05, 3.63) is 52.4 Å². The predicted octanol–water partition coefficient (Wildman–Crippen LogP) is 2.95. The number of amides is 1. The SMILES string of the molecule is CN(C)S(=O)(=O)c1ccc(CNC(=O)c2ccc(C(F)(F)F)cc2)s1. The number of rotatable bonds is 5. The van der Waals surface area contributed by atoms with E-state index < -0.39 is 27.7 Å². The molecular weight excluding hydrogens is 377 g/mol. The third-order valence-electron chi connectivity index (χ3n) is 3.27. The minimum absolute atomic E-state index is 0.0769. The van der Waals surface area contributed by atoms with Crippen molar-refractivity contribution in [2.45, 2.75) is 16.9 Å². The summed E-state index contributed by atoms with van der Waals surface area (Å²) < 4.78 is 62.7. The first-order chi connectivity index (χ1) is 11.5. The zero-order valence-corrected chi connectivity index (χ0v) is 14.9. The molecule has 0 aliphatic rings. The number of halogens is 3. The van der Waals surface area contributed by atoms with E-state index in [0.717, 1.165) is 39.9 Å². The average Bonchev–Trinajstić information content (AvgIpc) is 3.01. The molecule has 1 amide bonds. The number of benzene rings is 1. The van der Waals surface area contributed by atoms with E-state index >= 15 is 0 Å². The molecule has 1 heterocycles. The maximum absolute atomic E-state index is 12.5. The third-order valence-corrected chi connectivity index (χ3v) is 6.64. The molecule has 0 aliphatic carbocycles. The minimum Gasteiger partial charge on any atom is -0.347 e. The van der Waals surface area contributed by atoms with Crippen LogP contribution < -0.4 is 5.32 Å². The van der Waals surface area contributed by atoms with Crippen LogP contribution in [0, 0.1) is 0 Å². The van der Waals surface area contributed by atoms with Gasteiger partial charge < -0.3 is 5.32 Å². The summed E-state index contributed by atoms with van der Waals surface area (Å²) in [5.74, 6) is -0.542. The normalized spacial score (nSPS) is 12.4. The zero-order valence-electron chi connectivity index (χ0n) is 13.3. The molecule has 1 aromatic carbocycles. The maximum Gasteiger partial charge on any atom is 0.416 e. The summed E-state index contributed by atoms with van der Waals surface area (Å²) >= 11 is 1.02. The summed E-state index contributed by atoms with van der Waals surface area (Å²) in [6.45, 7) is 0.0769. The van der Waals surface area contributed by atoms with Crippen LogP contribution in [-0.2, 0) is 22.7 Å². The minimum atomic E-state index is -4.46. The van der Waals surface area contributed by atoms with Gasteiger partial charge in [0.15, 0.2) is 0 Å². The largest absolute Gasteiger partial charge is 0.416 e. The highest BCUT2D eigenvalue weighted by Gasteiger charge is 2.30. The summed E-state index contributed by atoms with van der Waals surface area (Å²) in [5.41, 5.74) is -0.744. The van der Waals surface area contributed by atoms with Crippen molar-refractivity contribution >= 4 is 27.3 Å². The van der Waals surface area contributed by atoms with Gasteiger partial charge in [0, 0.05) is 24.5 Å². The van der Waals surface area contributed by atoms with Crippen molar-refractivity contribution in [3.8, 4) is 0 Å². The van der Waals surface area contributed by atoms with Crippen molar-refractivity contribution in [2.75, 3.05) is 14.1 Å². The molecule has 1 N–H and O–H groups in total. The molecule has 0 bridgehead atoms. The van der Waals surface area contributed by atoms with E-state index in [9.17, 15) is 26.4 Å². The molecule has 5 nitrogen and oxygen atoms in total. The highest BCUT2D eigenvalue weighted by Crippen LogP contribution is 2.29. The van der Waals surface area contributed by atoms with Gasteiger partial charge in [0.05, 0.1) is 12.1 Å². The second-order valence-electron chi connectivity index (χ2n) is 5.27. The van der Waals surface area contributed by atoms with Crippen LogP contribution >= 0.6 is 11.3 Å². The first-order valence-corrected chi connectivity index (χ1v) is 9.24. The molecule has 1 aromatic heterocycles. The topological polar surface area (TPSA) is 66.5 Å². The highest BCUT2D eigenvalue weighted by molar-refractivity contribution is 7.91. The molecule has 0 fully saturated rings.